The molecule has 0 aliphatic rings. The highest BCUT2D eigenvalue weighted by Gasteiger charge is 2.20. The molecule has 0 aliphatic heterocycles. The first-order valence-corrected chi connectivity index (χ1v) is 9.63. The minimum Gasteiger partial charge on any atom is -0.455 e. The number of rotatable bonds is 8. The molecule has 0 aromatic heterocycles. The SMILES string of the molecule is O=C(COC(=O)C[C@@H](NC(=O)c1ccccc1)c1ccccc1)Nc1ccc(F)cc1. The minimum atomic E-state index is -0.642. The molecule has 0 fully saturated rings. The van der Waals surface area contributed by atoms with Gasteiger partial charge in [0.15, 0.2) is 6.61 Å². The van der Waals surface area contributed by atoms with Gasteiger partial charge in [0.05, 0.1) is 12.5 Å². The number of halogens is 1. The average Bonchev–Trinajstić information content (AvgIpc) is 2.80. The Balaban J connectivity index is 1.58. The molecule has 3 aromatic rings. The maximum absolute atomic E-state index is 12.9. The van der Waals surface area contributed by atoms with Crippen LogP contribution < -0.4 is 10.6 Å². The van der Waals surface area contributed by atoms with Crippen LogP contribution in [0.15, 0.2) is 84.9 Å². The van der Waals surface area contributed by atoms with E-state index < -0.39 is 30.3 Å². The van der Waals surface area contributed by atoms with Gasteiger partial charge in [-0.2, -0.15) is 0 Å². The van der Waals surface area contributed by atoms with Crippen LogP contribution in [0.2, 0.25) is 0 Å². The minimum absolute atomic E-state index is 0.146. The van der Waals surface area contributed by atoms with Crippen LogP contribution in [0.25, 0.3) is 0 Å². The average molecular weight is 420 g/mol. The lowest BCUT2D eigenvalue weighted by atomic mass is 10.0. The van der Waals surface area contributed by atoms with Crippen LogP contribution in [0.4, 0.5) is 10.1 Å². The quantitative estimate of drug-likeness (QED) is 0.542. The molecule has 2 N–H and O–H groups in total. The number of benzene rings is 3. The fourth-order valence-electron chi connectivity index (χ4n) is 2.87. The maximum Gasteiger partial charge on any atom is 0.308 e. The number of hydrogen-bond donors (Lipinski definition) is 2. The third-order valence-corrected chi connectivity index (χ3v) is 4.41. The lowest BCUT2D eigenvalue weighted by Gasteiger charge is -2.19. The first-order chi connectivity index (χ1) is 15.0. The number of amides is 2. The molecule has 0 unspecified atom stereocenters. The van der Waals surface area contributed by atoms with Gasteiger partial charge < -0.3 is 15.4 Å². The molecule has 0 spiro atoms. The topological polar surface area (TPSA) is 84.5 Å². The first kappa shape index (κ1) is 21.7. The summed E-state index contributed by atoms with van der Waals surface area (Å²) in [5, 5.41) is 5.35. The highest BCUT2D eigenvalue weighted by atomic mass is 19.1. The Bertz CT molecular complexity index is 1020. The van der Waals surface area contributed by atoms with E-state index in [1.165, 1.54) is 24.3 Å². The highest BCUT2D eigenvalue weighted by molar-refractivity contribution is 5.95. The van der Waals surface area contributed by atoms with Crippen LogP contribution in [-0.4, -0.2) is 24.4 Å². The summed E-state index contributed by atoms with van der Waals surface area (Å²) in [5.74, 6) is -1.94. The third-order valence-electron chi connectivity index (χ3n) is 4.41. The van der Waals surface area contributed by atoms with Gasteiger partial charge in [0.25, 0.3) is 11.8 Å². The normalized spacial score (nSPS) is 11.3. The van der Waals surface area contributed by atoms with Crippen LogP contribution in [0, 0.1) is 5.82 Å². The Labute approximate surface area is 179 Å². The summed E-state index contributed by atoms with van der Waals surface area (Å²) in [6.45, 7) is -0.496. The van der Waals surface area contributed by atoms with Crippen molar-refractivity contribution in [1.29, 1.82) is 0 Å². The number of anilines is 1. The zero-order valence-electron chi connectivity index (χ0n) is 16.6. The van der Waals surface area contributed by atoms with Gasteiger partial charge in [-0.3, -0.25) is 14.4 Å². The first-order valence-electron chi connectivity index (χ1n) is 9.63. The summed E-state index contributed by atoms with van der Waals surface area (Å²) in [5.41, 5.74) is 1.59. The Morgan fingerprint density at radius 1 is 0.839 bits per heavy atom. The molecule has 0 bridgehead atoms. The monoisotopic (exact) mass is 420 g/mol. The van der Waals surface area contributed by atoms with Gasteiger partial charge >= 0.3 is 5.97 Å². The highest BCUT2D eigenvalue weighted by Crippen LogP contribution is 2.18. The molecule has 0 radical (unpaired) electrons. The van der Waals surface area contributed by atoms with Gasteiger partial charge in [0.1, 0.15) is 5.82 Å². The maximum atomic E-state index is 12.9. The molecule has 0 heterocycles. The van der Waals surface area contributed by atoms with E-state index in [0.29, 0.717) is 11.3 Å². The van der Waals surface area contributed by atoms with E-state index in [2.05, 4.69) is 10.6 Å². The smallest absolute Gasteiger partial charge is 0.308 e. The molecule has 0 saturated heterocycles. The van der Waals surface area contributed by atoms with E-state index in [0.717, 1.165) is 5.56 Å². The van der Waals surface area contributed by atoms with Crippen molar-refractivity contribution in [2.75, 3.05) is 11.9 Å². The molecule has 0 saturated carbocycles. The Morgan fingerprint density at radius 2 is 1.45 bits per heavy atom. The van der Waals surface area contributed by atoms with Crippen molar-refractivity contribution < 1.29 is 23.5 Å². The number of carbonyl (C=O) groups excluding carboxylic acids is 3. The van der Waals surface area contributed by atoms with Crippen molar-refractivity contribution in [2.24, 2.45) is 0 Å². The van der Waals surface area contributed by atoms with Gasteiger partial charge in [-0.1, -0.05) is 48.5 Å². The van der Waals surface area contributed by atoms with Crippen LogP contribution in [0.5, 0.6) is 0 Å². The van der Waals surface area contributed by atoms with Crippen LogP contribution >= 0.6 is 0 Å². The predicted octanol–water partition coefficient (Wildman–Crippen LogP) is 3.87. The number of nitrogens with one attached hydrogen (secondary N) is 2. The zero-order chi connectivity index (χ0) is 22.1. The lowest BCUT2D eigenvalue weighted by molar-refractivity contribution is -0.147. The van der Waals surface area contributed by atoms with Crippen LogP contribution in [0.1, 0.15) is 28.4 Å². The predicted molar refractivity (Wildman–Crippen MR) is 114 cm³/mol. The van der Waals surface area contributed by atoms with Crippen molar-refractivity contribution in [3.05, 3.63) is 102 Å². The molecule has 3 aromatic carbocycles. The largest absolute Gasteiger partial charge is 0.455 e. The van der Waals surface area contributed by atoms with E-state index in [4.69, 9.17) is 4.74 Å². The molecular formula is C24H21FN2O4. The summed E-state index contributed by atoms with van der Waals surface area (Å²) in [6.07, 6.45) is -0.146. The molecular weight excluding hydrogens is 399 g/mol. The van der Waals surface area contributed by atoms with Gasteiger partial charge in [-0.25, -0.2) is 4.39 Å². The number of ether oxygens (including phenoxy) is 1. The van der Waals surface area contributed by atoms with Gasteiger partial charge in [-0.15, -0.1) is 0 Å². The number of carbonyl (C=O) groups is 3. The second-order valence-corrected chi connectivity index (χ2v) is 6.72. The molecule has 7 heteroatoms. The van der Waals surface area contributed by atoms with Gasteiger partial charge in [-0.05, 0) is 42.0 Å². The Morgan fingerprint density at radius 3 is 2.10 bits per heavy atom. The van der Waals surface area contributed by atoms with Crippen LogP contribution in [-0.2, 0) is 14.3 Å². The molecule has 0 aliphatic carbocycles. The van der Waals surface area contributed by atoms with E-state index in [1.54, 1.807) is 54.6 Å². The lowest BCUT2D eigenvalue weighted by Crippen LogP contribution is -2.31. The molecule has 158 valence electrons. The Kier molecular flexibility index (Phi) is 7.48. The number of esters is 1. The van der Waals surface area contributed by atoms with Crippen molar-refractivity contribution in [3.8, 4) is 0 Å². The Hall–Kier alpha value is -4.00. The van der Waals surface area contributed by atoms with Crippen molar-refractivity contribution in [2.45, 2.75) is 12.5 Å². The second kappa shape index (κ2) is 10.7. The van der Waals surface area contributed by atoms with Gasteiger partial charge in [0.2, 0.25) is 0 Å². The molecule has 6 nitrogen and oxygen atoms in total. The molecule has 2 amide bonds. The fourth-order valence-corrected chi connectivity index (χ4v) is 2.87. The van der Waals surface area contributed by atoms with Crippen LogP contribution in [0.3, 0.4) is 0 Å². The summed E-state index contributed by atoms with van der Waals surface area (Å²) in [6, 6.07) is 22.3. The van der Waals surface area contributed by atoms with Crippen molar-refractivity contribution in [1.82, 2.24) is 5.32 Å². The third kappa shape index (κ3) is 6.78. The van der Waals surface area contributed by atoms with Crippen molar-refractivity contribution in [3.63, 3.8) is 0 Å². The molecule has 1 atom stereocenters. The fraction of sp³-hybridized carbons (Fsp3) is 0.125. The summed E-state index contributed by atoms with van der Waals surface area (Å²) in [7, 11) is 0. The van der Waals surface area contributed by atoms with E-state index in [-0.39, 0.29) is 12.3 Å². The molecule has 31 heavy (non-hydrogen) atoms. The summed E-state index contributed by atoms with van der Waals surface area (Å²) in [4.78, 5) is 36.9. The van der Waals surface area contributed by atoms with E-state index >= 15 is 0 Å². The standard InChI is InChI=1S/C24H21FN2O4/c25-19-11-13-20(14-12-19)26-22(28)16-31-23(29)15-21(17-7-3-1-4-8-17)27-24(30)18-9-5-2-6-10-18/h1-14,21H,15-16H2,(H,26,28)(H,27,30)/t21-/m1/s1. The van der Waals surface area contributed by atoms with E-state index in [1.807, 2.05) is 6.07 Å². The summed E-state index contributed by atoms with van der Waals surface area (Å²) >= 11 is 0. The van der Waals surface area contributed by atoms with Crippen molar-refractivity contribution >= 4 is 23.5 Å². The molecule has 3 rings (SSSR count). The second-order valence-electron chi connectivity index (χ2n) is 6.72. The zero-order valence-corrected chi connectivity index (χ0v) is 16.6. The number of hydrogen-bond acceptors (Lipinski definition) is 4. The van der Waals surface area contributed by atoms with E-state index in [9.17, 15) is 18.8 Å². The summed E-state index contributed by atoms with van der Waals surface area (Å²) < 4.78 is 18.0. The van der Waals surface area contributed by atoms with Gasteiger partial charge in [0, 0.05) is 11.3 Å².